The van der Waals surface area contributed by atoms with Gasteiger partial charge in [0, 0.05) is 19.8 Å². The lowest BCUT2D eigenvalue weighted by atomic mass is 10.0. The first kappa shape index (κ1) is 35.3. The van der Waals surface area contributed by atoms with E-state index in [1.54, 1.807) is 21.1 Å². The van der Waals surface area contributed by atoms with Crippen molar-refractivity contribution < 1.29 is 38.2 Å². The molecule has 0 bridgehead atoms. The molecule has 0 saturated heterocycles. The second kappa shape index (κ2) is 22.3. The summed E-state index contributed by atoms with van der Waals surface area (Å²) in [6, 6.07) is -0.713. The van der Waals surface area contributed by atoms with E-state index in [1.807, 2.05) is 0 Å². The number of likely N-dealkylation sites (N-methyl/N-ethyl adjacent to an activating group) is 1. The lowest BCUT2D eigenvalue weighted by molar-refractivity contribution is -0.889. The lowest BCUT2D eigenvalue weighted by Crippen LogP contribution is -2.55. The van der Waals surface area contributed by atoms with Crippen LogP contribution in [0.5, 0.6) is 0 Å². The molecule has 218 valence electrons. The Hall–Kier alpha value is -1.67. The van der Waals surface area contributed by atoms with E-state index in [4.69, 9.17) is 14.2 Å². The maximum atomic E-state index is 12.3. The highest BCUT2D eigenvalue weighted by atomic mass is 16.6. The summed E-state index contributed by atoms with van der Waals surface area (Å²) in [6.07, 6.45) is 17.4. The number of ether oxygens (including phenoxy) is 3. The van der Waals surface area contributed by atoms with Gasteiger partial charge >= 0.3 is 11.9 Å². The minimum Gasteiger partial charge on any atom is -0.544 e. The van der Waals surface area contributed by atoms with E-state index in [-0.39, 0.29) is 36.7 Å². The topological polar surface area (TPSA) is 102 Å². The first-order chi connectivity index (χ1) is 17.6. The minimum atomic E-state index is -1.13. The van der Waals surface area contributed by atoms with Gasteiger partial charge in [0.05, 0.1) is 40.3 Å². The van der Waals surface area contributed by atoms with Crippen LogP contribution < -0.4 is 5.11 Å². The van der Waals surface area contributed by atoms with Crippen LogP contribution in [0.2, 0.25) is 0 Å². The van der Waals surface area contributed by atoms with Crippen molar-refractivity contribution in [2.75, 3.05) is 41.0 Å². The molecular formula is C29H55NO7. The minimum absolute atomic E-state index is 0.0364. The van der Waals surface area contributed by atoms with Crippen LogP contribution in [0.3, 0.4) is 0 Å². The average Bonchev–Trinajstić information content (AvgIpc) is 2.81. The van der Waals surface area contributed by atoms with Gasteiger partial charge < -0.3 is 28.6 Å². The number of esters is 2. The summed E-state index contributed by atoms with van der Waals surface area (Å²) in [5, 5.41) is 11.4. The maximum absolute atomic E-state index is 12.3. The smallest absolute Gasteiger partial charge is 0.306 e. The number of carboxylic acids is 1. The molecule has 8 heteroatoms. The second-order valence-corrected chi connectivity index (χ2v) is 11.1. The van der Waals surface area contributed by atoms with Crippen LogP contribution in [0, 0.1) is 0 Å². The monoisotopic (exact) mass is 529 g/mol. The molecule has 0 amide bonds. The predicted octanol–water partition coefficient (Wildman–Crippen LogP) is 4.56. The zero-order chi connectivity index (χ0) is 27.9. The van der Waals surface area contributed by atoms with Gasteiger partial charge in [0.15, 0.2) is 6.10 Å². The number of carbonyl (C=O) groups excluding carboxylic acids is 3. The van der Waals surface area contributed by atoms with Gasteiger partial charge in [-0.15, -0.1) is 0 Å². The molecule has 2 atom stereocenters. The summed E-state index contributed by atoms with van der Waals surface area (Å²) in [6.45, 7) is 3.66. The van der Waals surface area contributed by atoms with E-state index in [2.05, 4.69) is 6.92 Å². The fourth-order valence-electron chi connectivity index (χ4n) is 4.27. The van der Waals surface area contributed by atoms with Crippen LogP contribution in [0.25, 0.3) is 0 Å². The fraction of sp³-hybridized carbons (Fsp3) is 0.897. The van der Waals surface area contributed by atoms with E-state index in [0.717, 1.165) is 19.3 Å². The Morgan fingerprint density at radius 2 is 1.24 bits per heavy atom. The van der Waals surface area contributed by atoms with Crippen molar-refractivity contribution in [3.05, 3.63) is 0 Å². The van der Waals surface area contributed by atoms with Gasteiger partial charge in [-0.25, -0.2) is 0 Å². The molecule has 0 rings (SSSR count). The van der Waals surface area contributed by atoms with E-state index in [0.29, 0.717) is 6.42 Å². The summed E-state index contributed by atoms with van der Waals surface area (Å²) in [5.74, 6) is -1.93. The number of nitrogens with zero attached hydrogens (tertiary/aromatic N) is 1. The number of aliphatic carboxylic acids is 1. The molecular weight excluding hydrogens is 474 g/mol. The number of quaternary nitrogens is 1. The third-order valence-electron chi connectivity index (χ3n) is 6.55. The van der Waals surface area contributed by atoms with Crippen LogP contribution in [0.15, 0.2) is 0 Å². The van der Waals surface area contributed by atoms with Gasteiger partial charge in [0.2, 0.25) is 0 Å². The number of carboxylic acid groups (broad SMARTS) is 1. The van der Waals surface area contributed by atoms with Crippen molar-refractivity contribution in [2.45, 2.75) is 129 Å². The average molecular weight is 530 g/mol. The van der Waals surface area contributed by atoms with Crippen LogP contribution in [-0.4, -0.2) is 75.5 Å². The molecule has 0 aliphatic heterocycles. The molecule has 0 aromatic rings. The quantitative estimate of drug-likeness (QED) is 0.0970. The van der Waals surface area contributed by atoms with E-state index < -0.39 is 24.1 Å². The number of hydrogen-bond donors (Lipinski definition) is 0. The molecule has 0 N–H and O–H groups in total. The van der Waals surface area contributed by atoms with Crippen molar-refractivity contribution in [3.63, 3.8) is 0 Å². The van der Waals surface area contributed by atoms with Crippen molar-refractivity contribution >= 4 is 17.9 Å². The Kier molecular flexibility index (Phi) is 21.3. The Morgan fingerprint density at radius 3 is 1.68 bits per heavy atom. The van der Waals surface area contributed by atoms with Crippen molar-refractivity contribution in [2.24, 2.45) is 0 Å². The number of rotatable bonds is 25. The molecule has 2 unspecified atom stereocenters. The lowest BCUT2D eigenvalue weighted by Gasteiger charge is -2.34. The molecule has 0 aromatic heterocycles. The summed E-state index contributed by atoms with van der Waals surface area (Å²) in [4.78, 5) is 34.8. The van der Waals surface area contributed by atoms with Gasteiger partial charge in [0.1, 0.15) is 12.6 Å². The van der Waals surface area contributed by atoms with Crippen LogP contribution >= 0.6 is 0 Å². The summed E-state index contributed by atoms with van der Waals surface area (Å²) in [5.41, 5.74) is 0. The van der Waals surface area contributed by atoms with E-state index in [1.165, 1.54) is 77.6 Å². The largest absolute Gasteiger partial charge is 0.544 e. The summed E-state index contributed by atoms with van der Waals surface area (Å²) >= 11 is 0. The van der Waals surface area contributed by atoms with Crippen LogP contribution in [0.4, 0.5) is 0 Å². The third-order valence-corrected chi connectivity index (χ3v) is 6.55. The predicted molar refractivity (Wildman–Crippen MR) is 144 cm³/mol. The molecule has 0 aliphatic rings. The molecule has 37 heavy (non-hydrogen) atoms. The highest BCUT2D eigenvalue weighted by Crippen LogP contribution is 2.14. The standard InChI is InChI=1S/C29H55NO7/c1-6-7-8-9-10-11-12-13-14-15-16-17-18-19-20-28(32)37-26(24-36-25(2)31)23-35-22-21-27(29(33)34)30(3,4)5/h26-27H,6-24H2,1-5H3. The Labute approximate surface area is 226 Å². The van der Waals surface area contributed by atoms with Crippen molar-refractivity contribution in [3.8, 4) is 0 Å². The van der Waals surface area contributed by atoms with Gasteiger partial charge in [0.25, 0.3) is 0 Å². The van der Waals surface area contributed by atoms with E-state index >= 15 is 0 Å². The molecule has 0 radical (unpaired) electrons. The third kappa shape index (κ3) is 22.1. The molecule has 0 aromatic carbocycles. The molecule has 0 heterocycles. The zero-order valence-corrected chi connectivity index (χ0v) is 24.4. The number of carbonyl (C=O) groups is 3. The first-order valence-corrected chi connectivity index (χ1v) is 14.5. The van der Waals surface area contributed by atoms with Gasteiger partial charge in [-0.3, -0.25) is 9.59 Å². The second-order valence-electron chi connectivity index (χ2n) is 11.1. The Bertz CT molecular complexity index is 604. The van der Waals surface area contributed by atoms with Crippen LogP contribution in [0.1, 0.15) is 117 Å². The number of hydrogen-bond acceptors (Lipinski definition) is 7. The van der Waals surface area contributed by atoms with Gasteiger partial charge in [-0.1, -0.05) is 90.4 Å². The van der Waals surface area contributed by atoms with Crippen LogP contribution in [-0.2, 0) is 28.6 Å². The normalized spacial score (nSPS) is 13.2. The first-order valence-electron chi connectivity index (χ1n) is 14.5. The van der Waals surface area contributed by atoms with Gasteiger partial charge in [-0.05, 0) is 6.42 Å². The Morgan fingerprint density at radius 1 is 0.757 bits per heavy atom. The highest BCUT2D eigenvalue weighted by molar-refractivity contribution is 5.70. The van der Waals surface area contributed by atoms with Crippen molar-refractivity contribution in [1.29, 1.82) is 0 Å². The number of unbranched alkanes of at least 4 members (excludes halogenated alkanes) is 13. The molecule has 8 nitrogen and oxygen atoms in total. The molecule has 0 saturated carbocycles. The zero-order valence-electron chi connectivity index (χ0n) is 24.4. The molecule has 0 spiro atoms. The molecule has 0 fully saturated rings. The fourth-order valence-corrected chi connectivity index (χ4v) is 4.27. The Balaban J connectivity index is 4.00. The van der Waals surface area contributed by atoms with Crippen molar-refractivity contribution in [1.82, 2.24) is 0 Å². The highest BCUT2D eigenvalue weighted by Gasteiger charge is 2.25. The summed E-state index contributed by atoms with van der Waals surface area (Å²) in [7, 11) is 5.34. The molecule has 0 aliphatic carbocycles. The van der Waals surface area contributed by atoms with Gasteiger partial charge in [-0.2, -0.15) is 0 Å². The van der Waals surface area contributed by atoms with E-state index in [9.17, 15) is 19.5 Å². The SMILES string of the molecule is CCCCCCCCCCCCCCCCC(=O)OC(COCCC(C(=O)[O-])[N+](C)(C)C)COC(C)=O. The summed E-state index contributed by atoms with van der Waals surface area (Å²) < 4.78 is 16.2. The maximum Gasteiger partial charge on any atom is 0.306 e.